The van der Waals surface area contributed by atoms with E-state index in [0.29, 0.717) is 4.88 Å². The quantitative estimate of drug-likeness (QED) is 0.513. The number of rotatable bonds is 5. The van der Waals surface area contributed by atoms with E-state index in [2.05, 4.69) is 67.1 Å². The molecule has 2 heterocycles. The van der Waals surface area contributed by atoms with Gasteiger partial charge in [-0.05, 0) is 55.8 Å². The van der Waals surface area contributed by atoms with E-state index in [-0.39, 0.29) is 5.91 Å². The lowest BCUT2D eigenvalue weighted by Crippen LogP contribution is -2.16. The van der Waals surface area contributed by atoms with E-state index in [4.69, 9.17) is 0 Å². The summed E-state index contributed by atoms with van der Waals surface area (Å²) in [7, 11) is 0. The van der Waals surface area contributed by atoms with Crippen molar-refractivity contribution in [2.75, 3.05) is 0 Å². The highest BCUT2D eigenvalue weighted by atomic mass is 32.1. The molecule has 26 heavy (non-hydrogen) atoms. The molecule has 0 aliphatic carbocycles. The average molecular weight is 366 g/mol. The molecule has 0 bridgehead atoms. The number of amides is 1. The van der Waals surface area contributed by atoms with Crippen LogP contribution < -0.4 is 5.43 Å². The molecule has 0 saturated heterocycles. The summed E-state index contributed by atoms with van der Waals surface area (Å²) in [5.41, 5.74) is 9.67. The topological polar surface area (TPSA) is 46.4 Å². The van der Waals surface area contributed by atoms with E-state index < -0.39 is 0 Å². The molecule has 0 aliphatic rings. The predicted octanol–water partition coefficient (Wildman–Crippen LogP) is 4.79. The lowest BCUT2D eigenvalue weighted by Gasteiger charge is -2.17. The van der Waals surface area contributed by atoms with Gasteiger partial charge in [0.25, 0.3) is 5.91 Å². The van der Waals surface area contributed by atoms with Crippen molar-refractivity contribution >= 4 is 23.5 Å². The molecule has 0 fully saturated rings. The number of hydrogen-bond acceptors (Lipinski definition) is 3. The van der Waals surface area contributed by atoms with E-state index in [0.717, 1.165) is 23.4 Å². The van der Waals surface area contributed by atoms with Gasteiger partial charge in [0.15, 0.2) is 0 Å². The summed E-state index contributed by atoms with van der Waals surface area (Å²) in [4.78, 5) is 12.6. The second-order valence-corrected chi connectivity index (χ2v) is 7.22. The van der Waals surface area contributed by atoms with Gasteiger partial charge < -0.3 is 4.57 Å². The van der Waals surface area contributed by atoms with Crippen LogP contribution in [0.2, 0.25) is 0 Å². The lowest BCUT2D eigenvalue weighted by atomic mass is 10.1. The van der Waals surface area contributed by atoms with Crippen molar-refractivity contribution in [3.05, 3.63) is 74.7 Å². The first-order valence-electron chi connectivity index (χ1n) is 8.67. The zero-order valence-corrected chi connectivity index (χ0v) is 16.4. The van der Waals surface area contributed by atoms with Gasteiger partial charge in [-0.3, -0.25) is 4.79 Å². The first-order chi connectivity index (χ1) is 12.5. The monoisotopic (exact) mass is 365 g/mol. The van der Waals surface area contributed by atoms with Crippen LogP contribution in [0, 0.1) is 20.8 Å². The third kappa shape index (κ3) is 3.48. The number of aryl methyl sites for hydroxylation is 3. The van der Waals surface area contributed by atoms with Crippen LogP contribution in [0.25, 0.3) is 5.69 Å². The molecule has 1 amide bonds. The Balaban J connectivity index is 1.90. The van der Waals surface area contributed by atoms with E-state index in [1.807, 2.05) is 11.4 Å². The Bertz CT molecular complexity index is 952. The molecule has 0 radical (unpaired) electrons. The molecular formula is C21H23N3OS. The summed E-state index contributed by atoms with van der Waals surface area (Å²) in [6, 6.07) is 12.2. The van der Waals surface area contributed by atoms with Crippen molar-refractivity contribution in [3.8, 4) is 5.69 Å². The van der Waals surface area contributed by atoms with Crippen molar-refractivity contribution in [2.24, 2.45) is 5.10 Å². The van der Waals surface area contributed by atoms with Gasteiger partial charge in [0.1, 0.15) is 0 Å². The number of aromatic nitrogens is 1. The van der Waals surface area contributed by atoms with Crippen LogP contribution in [0.4, 0.5) is 0 Å². The Labute approximate surface area is 158 Å². The smallest absolute Gasteiger partial charge is 0.281 e. The van der Waals surface area contributed by atoms with Crippen LogP contribution in [0.1, 0.15) is 44.7 Å². The maximum absolute atomic E-state index is 12.0. The standard InChI is InChI=1S/C21H23N3OS/c1-5-17-9-6-8-14(2)20(17)24-15(3)12-18(16(24)4)13-22-23-21(25)19-10-7-11-26-19/h6-13H,5H2,1-4H3,(H,23,25)/b22-13+. The van der Waals surface area contributed by atoms with Crippen molar-refractivity contribution in [1.82, 2.24) is 9.99 Å². The van der Waals surface area contributed by atoms with E-state index in [1.54, 1.807) is 12.3 Å². The third-order valence-corrected chi connectivity index (χ3v) is 5.38. The van der Waals surface area contributed by atoms with Crippen LogP contribution >= 0.6 is 11.3 Å². The zero-order chi connectivity index (χ0) is 18.7. The molecule has 0 aliphatic heterocycles. The minimum absolute atomic E-state index is 0.183. The number of thiophene rings is 1. The molecule has 3 aromatic rings. The van der Waals surface area contributed by atoms with Crippen molar-refractivity contribution < 1.29 is 4.79 Å². The minimum Gasteiger partial charge on any atom is -0.317 e. The molecule has 3 rings (SSSR count). The lowest BCUT2D eigenvalue weighted by molar-refractivity contribution is 0.0959. The average Bonchev–Trinajstić information content (AvgIpc) is 3.24. The molecule has 0 spiro atoms. The van der Waals surface area contributed by atoms with Gasteiger partial charge in [-0.15, -0.1) is 11.3 Å². The fourth-order valence-corrected chi connectivity index (χ4v) is 3.82. The van der Waals surface area contributed by atoms with Gasteiger partial charge in [0, 0.05) is 17.0 Å². The number of carbonyl (C=O) groups is 1. The third-order valence-electron chi connectivity index (χ3n) is 4.51. The molecule has 0 unspecified atom stereocenters. The van der Waals surface area contributed by atoms with Gasteiger partial charge in [0.2, 0.25) is 0 Å². The van der Waals surface area contributed by atoms with Crippen LogP contribution in [0.5, 0.6) is 0 Å². The molecule has 2 aromatic heterocycles. The number of hydrogen-bond donors (Lipinski definition) is 1. The SMILES string of the molecule is CCc1cccc(C)c1-n1c(C)cc(/C=N/NC(=O)c2cccs2)c1C. The van der Waals surface area contributed by atoms with Gasteiger partial charge in [-0.1, -0.05) is 31.2 Å². The van der Waals surface area contributed by atoms with Crippen molar-refractivity contribution in [1.29, 1.82) is 0 Å². The summed E-state index contributed by atoms with van der Waals surface area (Å²) in [5.74, 6) is -0.183. The maximum Gasteiger partial charge on any atom is 0.281 e. The van der Waals surface area contributed by atoms with Gasteiger partial charge in [0.05, 0.1) is 16.8 Å². The number of benzene rings is 1. The highest BCUT2D eigenvalue weighted by molar-refractivity contribution is 7.12. The molecule has 4 nitrogen and oxygen atoms in total. The molecule has 1 aromatic carbocycles. The fraction of sp³-hybridized carbons (Fsp3) is 0.238. The second kappa shape index (κ2) is 7.70. The van der Waals surface area contributed by atoms with Crippen molar-refractivity contribution in [3.63, 3.8) is 0 Å². The molecule has 1 N–H and O–H groups in total. The molecule has 0 atom stereocenters. The van der Waals surface area contributed by atoms with E-state index in [9.17, 15) is 4.79 Å². The second-order valence-electron chi connectivity index (χ2n) is 6.27. The summed E-state index contributed by atoms with van der Waals surface area (Å²) in [6.45, 7) is 8.50. The Kier molecular flexibility index (Phi) is 5.38. The Morgan fingerprint density at radius 1 is 1.23 bits per heavy atom. The van der Waals surface area contributed by atoms with Crippen LogP contribution in [-0.2, 0) is 6.42 Å². The van der Waals surface area contributed by atoms with Crippen LogP contribution in [0.15, 0.2) is 46.9 Å². The predicted molar refractivity (Wildman–Crippen MR) is 109 cm³/mol. The summed E-state index contributed by atoms with van der Waals surface area (Å²) in [5, 5.41) is 6.02. The number of nitrogens with zero attached hydrogens (tertiary/aromatic N) is 2. The molecule has 5 heteroatoms. The number of para-hydroxylation sites is 1. The number of nitrogens with one attached hydrogen (secondary N) is 1. The first kappa shape index (κ1) is 18.1. The highest BCUT2D eigenvalue weighted by Gasteiger charge is 2.14. The van der Waals surface area contributed by atoms with E-state index >= 15 is 0 Å². The summed E-state index contributed by atoms with van der Waals surface area (Å²) >= 11 is 1.40. The number of hydrazone groups is 1. The number of carbonyl (C=O) groups excluding carboxylic acids is 1. The maximum atomic E-state index is 12.0. The zero-order valence-electron chi connectivity index (χ0n) is 15.5. The first-order valence-corrected chi connectivity index (χ1v) is 9.55. The molecule has 134 valence electrons. The Morgan fingerprint density at radius 2 is 2.04 bits per heavy atom. The van der Waals surface area contributed by atoms with Gasteiger partial charge in [-0.25, -0.2) is 5.43 Å². The van der Waals surface area contributed by atoms with Crippen LogP contribution in [-0.4, -0.2) is 16.7 Å². The highest BCUT2D eigenvalue weighted by Crippen LogP contribution is 2.26. The Hall–Kier alpha value is -2.66. The van der Waals surface area contributed by atoms with Crippen molar-refractivity contribution in [2.45, 2.75) is 34.1 Å². The minimum atomic E-state index is -0.183. The van der Waals surface area contributed by atoms with Gasteiger partial charge in [-0.2, -0.15) is 5.10 Å². The molecular weight excluding hydrogens is 342 g/mol. The van der Waals surface area contributed by atoms with Crippen LogP contribution in [0.3, 0.4) is 0 Å². The van der Waals surface area contributed by atoms with E-state index in [1.165, 1.54) is 28.2 Å². The summed E-state index contributed by atoms with van der Waals surface area (Å²) in [6.07, 6.45) is 2.70. The largest absolute Gasteiger partial charge is 0.317 e. The fourth-order valence-electron chi connectivity index (χ4n) is 3.21. The normalized spacial score (nSPS) is 11.2. The Morgan fingerprint density at radius 3 is 2.73 bits per heavy atom. The summed E-state index contributed by atoms with van der Waals surface area (Å²) < 4.78 is 2.27. The van der Waals surface area contributed by atoms with Gasteiger partial charge >= 0.3 is 0 Å². The molecule has 0 saturated carbocycles.